The van der Waals surface area contributed by atoms with Crippen molar-refractivity contribution in [1.29, 1.82) is 0 Å². The van der Waals surface area contributed by atoms with Crippen molar-refractivity contribution in [3.8, 4) is 11.8 Å². The smallest absolute Gasteiger partial charge is 0.310 e. The minimum atomic E-state index is -1.20. The zero-order valence-corrected chi connectivity index (χ0v) is 17.5. The second-order valence-electron chi connectivity index (χ2n) is 8.70. The van der Waals surface area contributed by atoms with Crippen LogP contribution in [0.2, 0.25) is 0 Å². The number of rotatable bonds is 2. The van der Waals surface area contributed by atoms with E-state index in [9.17, 15) is 9.90 Å². The van der Waals surface area contributed by atoms with E-state index in [0.29, 0.717) is 25.1 Å². The zero-order chi connectivity index (χ0) is 21.1. The lowest BCUT2D eigenvalue weighted by Crippen LogP contribution is -2.41. The number of esters is 1. The molecule has 5 heteroatoms. The number of carbonyl (C=O) groups is 1. The van der Waals surface area contributed by atoms with Gasteiger partial charge in [0, 0.05) is 17.8 Å². The van der Waals surface area contributed by atoms with E-state index in [1.165, 1.54) is 0 Å². The summed E-state index contributed by atoms with van der Waals surface area (Å²) in [6.45, 7) is 7.48. The van der Waals surface area contributed by atoms with Crippen molar-refractivity contribution in [2.45, 2.75) is 64.1 Å². The molecule has 1 saturated carbocycles. The Balaban J connectivity index is 1.87. The third kappa shape index (κ3) is 5.65. The number of aryl methyl sites for hydroxylation is 1. The molecule has 152 valence electrons. The van der Waals surface area contributed by atoms with Gasteiger partial charge < -0.3 is 9.84 Å². The van der Waals surface area contributed by atoms with Crippen molar-refractivity contribution in [1.82, 2.24) is 9.97 Å². The Labute approximate surface area is 172 Å². The standard InChI is InChI=1S/C24H28N2O3/c1-17-12-15-25-21(26-17)11-14-24(28)13-10-19(22(27)29-23(2,3)4)20(16-24)18-8-6-5-7-9-18/h5-9,12,15,19-20,28H,10,13,16H2,1-4H3/t19-,20+,24?/m1/s1. The van der Waals surface area contributed by atoms with Crippen LogP contribution in [-0.2, 0) is 9.53 Å². The van der Waals surface area contributed by atoms with Gasteiger partial charge in [-0.2, -0.15) is 0 Å². The maximum Gasteiger partial charge on any atom is 0.310 e. The quantitative estimate of drug-likeness (QED) is 0.622. The van der Waals surface area contributed by atoms with Crippen LogP contribution in [0.15, 0.2) is 42.6 Å². The van der Waals surface area contributed by atoms with Gasteiger partial charge in [-0.05, 0) is 64.5 Å². The molecule has 1 N–H and O–H groups in total. The Morgan fingerprint density at radius 3 is 2.62 bits per heavy atom. The SMILES string of the molecule is Cc1ccnc(C#CC2(O)CC[C@@H](C(=O)OC(C)(C)C)[C@H](c3ccccc3)C2)n1. The number of aromatic nitrogens is 2. The molecule has 1 unspecified atom stereocenters. The molecular formula is C24H28N2O3. The van der Waals surface area contributed by atoms with Crippen molar-refractivity contribution in [2.75, 3.05) is 0 Å². The molecule has 0 aliphatic heterocycles. The van der Waals surface area contributed by atoms with Crippen molar-refractivity contribution in [3.05, 3.63) is 59.7 Å². The van der Waals surface area contributed by atoms with E-state index < -0.39 is 11.2 Å². The largest absolute Gasteiger partial charge is 0.460 e. The number of carbonyl (C=O) groups excluding carboxylic acids is 1. The molecule has 0 saturated heterocycles. The highest BCUT2D eigenvalue weighted by molar-refractivity contribution is 5.74. The van der Waals surface area contributed by atoms with Crippen molar-refractivity contribution in [2.24, 2.45) is 5.92 Å². The molecule has 0 radical (unpaired) electrons. The van der Waals surface area contributed by atoms with Gasteiger partial charge in [-0.25, -0.2) is 9.97 Å². The fraction of sp³-hybridized carbons (Fsp3) is 0.458. The van der Waals surface area contributed by atoms with Crippen LogP contribution in [0.4, 0.5) is 0 Å². The maximum atomic E-state index is 12.9. The summed E-state index contributed by atoms with van der Waals surface area (Å²) in [5, 5.41) is 11.2. The first-order valence-electron chi connectivity index (χ1n) is 9.98. The topological polar surface area (TPSA) is 72.3 Å². The van der Waals surface area contributed by atoms with E-state index in [1.807, 2.05) is 58.0 Å². The average Bonchev–Trinajstić information content (AvgIpc) is 2.66. The minimum absolute atomic E-state index is 0.169. The van der Waals surface area contributed by atoms with Gasteiger partial charge in [-0.15, -0.1) is 0 Å². The van der Waals surface area contributed by atoms with Crippen LogP contribution in [0.1, 0.15) is 63.0 Å². The number of nitrogens with zero attached hydrogens (tertiary/aromatic N) is 2. The maximum absolute atomic E-state index is 12.9. The number of benzene rings is 1. The van der Waals surface area contributed by atoms with Gasteiger partial charge in [0.25, 0.3) is 0 Å². The molecule has 1 heterocycles. The normalized spacial score (nSPS) is 24.3. The molecule has 1 fully saturated rings. The minimum Gasteiger partial charge on any atom is -0.460 e. The lowest BCUT2D eigenvalue weighted by atomic mass is 9.69. The predicted molar refractivity (Wildman–Crippen MR) is 111 cm³/mol. The van der Waals surface area contributed by atoms with Crippen LogP contribution in [0.25, 0.3) is 0 Å². The van der Waals surface area contributed by atoms with Gasteiger partial charge in [0.15, 0.2) is 0 Å². The van der Waals surface area contributed by atoms with Crippen molar-refractivity contribution < 1.29 is 14.6 Å². The van der Waals surface area contributed by atoms with Gasteiger partial charge in [-0.1, -0.05) is 36.3 Å². The first kappa shape index (κ1) is 21.0. The first-order valence-corrected chi connectivity index (χ1v) is 9.98. The van der Waals surface area contributed by atoms with Gasteiger partial charge in [0.1, 0.15) is 11.2 Å². The third-order valence-electron chi connectivity index (χ3n) is 5.05. The molecule has 1 aliphatic carbocycles. The van der Waals surface area contributed by atoms with E-state index >= 15 is 0 Å². The number of hydrogen-bond acceptors (Lipinski definition) is 5. The second kappa shape index (κ2) is 8.34. The molecule has 1 aromatic heterocycles. The van der Waals surface area contributed by atoms with Crippen LogP contribution in [0.3, 0.4) is 0 Å². The fourth-order valence-corrected chi connectivity index (χ4v) is 3.71. The highest BCUT2D eigenvalue weighted by Crippen LogP contribution is 2.43. The van der Waals surface area contributed by atoms with Gasteiger partial charge in [-0.3, -0.25) is 4.79 Å². The fourth-order valence-electron chi connectivity index (χ4n) is 3.71. The van der Waals surface area contributed by atoms with Crippen LogP contribution in [-0.4, -0.2) is 32.2 Å². The molecule has 1 aliphatic rings. The van der Waals surface area contributed by atoms with Crippen LogP contribution < -0.4 is 0 Å². The Morgan fingerprint density at radius 1 is 1.24 bits per heavy atom. The monoisotopic (exact) mass is 392 g/mol. The molecule has 3 rings (SSSR count). The molecule has 3 atom stereocenters. The summed E-state index contributed by atoms with van der Waals surface area (Å²) < 4.78 is 5.66. The summed E-state index contributed by atoms with van der Waals surface area (Å²) in [5.74, 6) is 5.58. The number of ether oxygens (including phenoxy) is 1. The van der Waals surface area contributed by atoms with E-state index in [1.54, 1.807) is 12.3 Å². The molecule has 2 aromatic rings. The van der Waals surface area contributed by atoms with Crippen molar-refractivity contribution >= 4 is 5.97 Å². The van der Waals surface area contributed by atoms with E-state index in [-0.39, 0.29) is 17.8 Å². The van der Waals surface area contributed by atoms with E-state index in [2.05, 4.69) is 21.8 Å². The summed E-state index contributed by atoms with van der Waals surface area (Å²) in [7, 11) is 0. The van der Waals surface area contributed by atoms with Crippen LogP contribution in [0, 0.1) is 24.7 Å². The Kier molecular flexibility index (Phi) is 6.04. The number of aliphatic hydroxyl groups is 1. The second-order valence-corrected chi connectivity index (χ2v) is 8.70. The van der Waals surface area contributed by atoms with E-state index in [0.717, 1.165) is 11.3 Å². The van der Waals surface area contributed by atoms with Crippen LogP contribution in [0.5, 0.6) is 0 Å². The number of hydrogen-bond donors (Lipinski definition) is 1. The summed E-state index contributed by atoms with van der Waals surface area (Å²) in [6, 6.07) is 11.6. The predicted octanol–water partition coefficient (Wildman–Crippen LogP) is 3.79. The van der Waals surface area contributed by atoms with Gasteiger partial charge in [0.05, 0.1) is 5.92 Å². The Bertz CT molecular complexity index is 924. The highest BCUT2D eigenvalue weighted by Gasteiger charge is 2.43. The molecule has 0 amide bonds. The van der Waals surface area contributed by atoms with Gasteiger partial charge in [0.2, 0.25) is 5.82 Å². The molecule has 0 spiro atoms. The Hall–Kier alpha value is -2.71. The molecule has 29 heavy (non-hydrogen) atoms. The average molecular weight is 392 g/mol. The lowest BCUT2D eigenvalue weighted by molar-refractivity contribution is -0.163. The van der Waals surface area contributed by atoms with E-state index in [4.69, 9.17) is 4.74 Å². The molecule has 0 bridgehead atoms. The van der Waals surface area contributed by atoms with Crippen LogP contribution >= 0.6 is 0 Å². The summed E-state index contributed by atoms with van der Waals surface area (Å²) in [6.07, 6.45) is 2.93. The summed E-state index contributed by atoms with van der Waals surface area (Å²) in [5.41, 5.74) is 0.0859. The molecule has 1 aromatic carbocycles. The first-order chi connectivity index (χ1) is 13.7. The third-order valence-corrected chi connectivity index (χ3v) is 5.05. The zero-order valence-electron chi connectivity index (χ0n) is 17.5. The molecule has 5 nitrogen and oxygen atoms in total. The summed E-state index contributed by atoms with van der Waals surface area (Å²) >= 11 is 0. The lowest BCUT2D eigenvalue weighted by Gasteiger charge is -2.39. The highest BCUT2D eigenvalue weighted by atomic mass is 16.6. The Morgan fingerprint density at radius 2 is 1.97 bits per heavy atom. The van der Waals surface area contributed by atoms with Gasteiger partial charge >= 0.3 is 5.97 Å². The van der Waals surface area contributed by atoms with Crippen molar-refractivity contribution in [3.63, 3.8) is 0 Å². The molecular weight excluding hydrogens is 364 g/mol. The summed E-state index contributed by atoms with van der Waals surface area (Å²) in [4.78, 5) is 21.3.